The molecule has 0 aromatic heterocycles. The Balaban J connectivity index is 1.80. The van der Waals surface area contributed by atoms with Crippen LogP contribution in [-0.2, 0) is 28.6 Å². The van der Waals surface area contributed by atoms with E-state index in [9.17, 15) is 34.8 Å². The Bertz CT molecular complexity index is 1350. The van der Waals surface area contributed by atoms with Gasteiger partial charge in [-0.15, -0.1) is 0 Å². The number of hydrogen-bond acceptors (Lipinski definition) is 10. The lowest BCUT2D eigenvalue weighted by Crippen LogP contribution is -2.76. The van der Waals surface area contributed by atoms with Gasteiger partial charge in [-0.2, -0.15) is 0 Å². The molecule has 0 radical (unpaired) electrons. The highest BCUT2D eigenvalue weighted by atomic mass is 16.7. The number of rotatable bonds is 4. The molecule has 1 unspecified atom stereocenters. The summed E-state index contributed by atoms with van der Waals surface area (Å²) in [5, 5.41) is 44.7. The minimum Gasteiger partial charge on any atom is -0.481 e. The van der Waals surface area contributed by atoms with Crippen LogP contribution in [0.2, 0.25) is 0 Å². The summed E-state index contributed by atoms with van der Waals surface area (Å²) in [4.78, 5) is 41.1. The number of ether oxygens (including phenoxy) is 3. The van der Waals surface area contributed by atoms with Gasteiger partial charge >= 0.3 is 5.97 Å². The fourth-order valence-corrected chi connectivity index (χ4v) is 9.53. The normalized spacial score (nSPS) is 45.5. The zero-order valence-electron chi connectivity index (χ0n) is 25.4. The van der Waals surface area contributed by atoms with Gasteiger partial charge in [0.25, 0.3) is 5.95 Å². The fourth-order valence-electron chi connectivity index (χ4n) is 9.53. The molecule has 4 aliphatic carbocycles. The molecule has 5 aliphatic rings. The Morgan fingerprint density at radius 1 is 1.02 bits per heavy atom. The number of fused-ring (bicyclic) bond motifs is 5. The van der Waals surface area contributed by atoms with Crippen molar-refractivity contribution in [3.63, 3.8) is 0 Å². The van der Waals surface area contributed by atoms with E-state index in [-0.39, 0.29) is 17.8 Å². The molecule has 5 rings (SSSR count). The van der Waals surface area contributed by atoms with Crippen molar-refractivity contribution in [3.05, 3.63) is 47.0 Å². The number of aliphatic hydroxyl groups is 4. The molecular weight excluding hydrogens is 544 g/mol. The summed E-state index contributed by atoms with van der Waals surface area (Å²) in [7, 11) is 1.49. The lowest BCUT2D eigenvalue weighted by molar-refractivity contribution is -0.270. The Hall–Kier alpha value is -2.79. The van der Waals surface area contributed by atoms with Crippen LogP contribution in [0.3, 0.4) is 0 Å². The molecule has 0 bridgehead atoms. The maximum Gasteiger partial charge on any atom is 0.331 e. The number of carbonyl (C=O) groups is 3. The van der Waals surface area contributed by atoms with Crippen molar-refractivity contribution < 1.29 is 49.0 Å². The first kappa shape index (κ1) is 30.7. The molecule has 0 spiro atoms. The van der Waals surface area contributed by atoms with Gasteiger partial charge in [0.1, 0.15) is 6.10 Å². The summed E-state index contributed by atoms with van der Waals surface area (Å²) in [6.07, 6.45) is -0.554. The lowest BCUT2D eigenvalue weighted by atomic mass is 9.36. The van der Waals surface area contributed by atoms with Crippen LogP contribution in [0, 0.1) is 39.4 Å². The number of carbonyl (C=O) groups excluding carboxylic acids is 3. The minimum absolute atomic E-state index is 0.105. The third kappa shape index (κ3) is 3.81. The van der Waals surface area contributed by atoms with Gasteiger partial charge < -0.3 is 34.6 Å². The van der Waals surface area contributed by atoms with Crippen LogP contribution in [0.15, 0.2) is 47.0 Å². The van der Waals surface area contributed by atoms with Crippen molar-refractivity contribution in [2.45, 2.75) is 85.6 Å². The van der Waals surface area contributed by atoms with E-state index in [0.29, 0.717) is 11.1 Å². The Kier molecular flexibility index (Phi) is 7.01. The van der Waals surface area contributed by atoms with E-state index in [4.69, 9.17) is 14.2 Å². The van der Waals surface area contributed by atoms with Crippen LogP contribution in [0.5, 0.6) is 0 Å². The van der Waals surface area contributed by atoms with Crippen LogP contribution < -0.4 is 0 Å². The Morgan fingerprint density at radius 2 is 1.67 bits per heavy atom. The van der Waals surface area contributed by atoms with Crippen LogP contribution in [0.1, 0.15) is 54.9 Å². The summed E-state index contributed by atoms with van der Waals surface area (Å²) in [5.41, 5.74) is -3.66. The van der Waals surface area contributed by atoms with Crippen molar-refractivity contribution in [1.29, 1.82) is 0 Å². The maximum absolute atomic E-state index is 14.0. The molecule has 0 aromatic rings. The highest BCUT2D eigenvalue weighted by molar-refractivity contribution is 6.00. The van der Waals surface area contributed by atoms with Crippen molar-refractivity contribution in [1.82, 2.24) is 0 Å². The summed E-state index contributed by atoms with van der Waals surface area (Å²) < 4.78 is 17.4. The molecule has 0 amide bonds. The molecule has 11 atom stereocenters. The second kappa shape index (κ2) is 9.61. The fraction of sp³-hybridized carbons (Fsp3) is 0.656. The van der Waals surface area contributed by atoms with E-state index in [1.54, 1.807) is 40.7 Å². The van der Waals surface area contributed by atoms with Crippen molar-refractivity contribution in [2.24, 2.45) is 39.4 Å². The van der Waals surface area contributed by atoms with Crippen molar-refractivity contribution >= 4 is 17.5 Å². The topological polar surface area (TPSA) is 160 Å². The van der Waals surface area contributed by atoms with Gasteiger partial charge in [0.15, 0.2) is 11.6 Å². The quantitative estimate of drug-likeness (QED) is 0.285. The molecule has 1 heterocycles. The smallest absolute Gasteiger partial charge is 0.331 e. The number of aliphatic hydroxyl groups excluding tert-OH is 4. The van der Waals surface area contributed by atoms with Gasteiger partial charge in [-0.1, -0.05) is 46.3 Å². The molecule has 0 aromatic carbocycles. The average molecular weight is 587 g/mol. The molecule has 10 heteroatoms. The van der Waals surface area contributed by atoms with Gasteiger partial charge in [0.2, 0.25) is 6.29 Å². The number of methoxy groups -OCH3 is 1. The van der Waals surface area contributed by atoms with E-state index < -0.39 is 87.8 Å². The summed E-state index contributed by atoms with van der Waals surface area (Å²) >= 11 is 0. The third-order valence-corrected chi connectivity index (χ3v) is 11.0. The van der Waals surface area contributed by atoms with E-state index in [0.717, 1.165) is 0 Å². The van der Waals surface area contributed by atoms with Gasteiger partial charge in [-0.3, -0.25) is 9.59 Å². The predicted molar refractivity (Wildman–Crippen MR) is 149 cm³/mol. The summed E-state index contributed by atoms with van der Waals surface area (Å²) in [6.45, 7) is 12.5. The zero-order valence-corrected chi connectivity index (χ0v) is 25.4. The zero-order chi connectivity index (χ0) is 31.3. The van der Waals surface area contributed by atoms with Crippen LogP contribution in [-0.4, -0.2) is 75.8 Å². The van der Waals surface area contributed by atoms with Gasteiger partial charge in [-0.05, 0) is 37.0 Å². The Labute approximate surface area is 245 Å². The minimum atomic E-state index is -1.57. The van der Waals surface area contributed by atoms with Crippen LogP contribution >= 0.6 is 0 Å². The van der Waals surface area contributed by atoms with E-state index >= 15 is 0 Å². The van der Waals surface area contributed by atoms with E-state index in [1.807, 2.05) is 13.8 Å². The van der Waals surface area contributed by atoms with E-state index in [2.05, 4.69) is 0 Å². The first-order valence-electron chi connectivity index (χ1n) is 14.4. The molecule has 1 aliphatic heterocycles. The average Bonchev–Trinajstić information content (AvgIpc) is 3.35. The molecule has 10 nitrogen and oxygen atoms in total. The molecule has 0 saturated heterocycles. The SMILES string of the molecule is CO[C@H]1[C@@H](OC(=O)C=C(C)C)[C@@]2(C)C3=CC(=O)[C@@H](C4=C(O)OC(O)C4)[C@]3(C)[C@@H](O)[C@@H](O)[C@@H]2[C@@]2(C)C(=O)C=CC(C)(C)[C@H]12. The number of esters is 1. The van der Waals surface area contributed by atoms with Crippen LogP contribution in [0.25, 0.3) is 0 Å². The molecule has 4 N–H and O–H groups in total. The van der Waals surface area contributed by atoms with Gasteiger partial charge in [0, 0.05) is 53.3 Å². The first-order chi connectivity index (χ1) is 19.4. The number of allylic oxidation sites excluding steroid dienone is 4. The maximum atomic E-state index is 14.0. The highest BCUT2D eigenvalue weighted by Gasteiger charge is 2.78. The van der Waals surface area contributed by atoms with Crippen molar-refractivity contribution in [2.75, 3.05) is 7.11 Å². The number of ketones is 2. The van der Waals surface area contributed by atoms with Gasteiger partial charge in [-0.25, -0.2) is 4.79 Å². The molecule has 2 saturated carbocycles. The molecule has 230 valence electrons. The summed E-state index contributed by atoms with van der Waals surface area (Å²) in [5.74, 6) is -4.73. The van der Waals surface area contributed by atoms with Gasteiger partial charge in [0.05, 0.1) is 24.2 Å². The van der Waals surface area contributed by atoms with E-state index in [1.165, 1.54) is 25.3 Å². The lowest BCUT2D eigenvalue weighted by Gasteiger charge is -2.69. The monoisotopic (exact) mass is 586 g/mol. The number of hydrogen-bond donors (Lipinski definition) is 4. The predicted octanol–water partition coefficient (Wildman–Crippen LogP) is 2.68. The highest BCUT2D eigenvalue weighted by Crippen LogP contribution is 2.72. The molecule has 42 heavy (non-hydrogen) atoms. The second-order valence-corrected chi connectivity index (χ2v) is 14.0. The van der Waals surface area contributed by atoms with Crippen molar-refractivity contribution in [3.8, 4) is 0 Å². The molecular formula is C32H42O10. The standard InChI is InChI=1S/C32H42O10/c1-14(2)11-19(35)41-27-23(40-8)25-29(3,4)10-9-18(34)32(25,7)24-22(37)26(38)30(5)17(31(24,27)6)13-16(33)21(30)15-12-20(36)42-28(15)39/h9-11,13,20-27,36-39H,12H2,1-8H3/t20?,21-,22+,23-,24+,25+,26+,27-,30-,31+,32-/m1/s1. The Morgan fingerprint density at radius 3 is 2.21 bits per heavy atom. The second-order valence-electron chi connectivity index (χ2n) is 14.0. The van der Waals surface area contributed by atoms with Crippen LogP contribution in [0.4, 0.5) is 0 Å². The first-order valence-corrected chi connectivity index (χ1v) is 14.4. The third-order valence-electron chi connectivity index (χ3n) is 11.0. The summed E-state index contributed by atoms with van der Waals surface area (Å²) in [6, 6.07) is 0. The largest absolute Gasteiger partial charge is 0.481 e. The molecule has 2 fully saturated rings.